The van der Waals surface area contributed by atoms with Gasteiger partial charge in [0, 0.05) is 18.3 Å². The maximum absolute atomic E-state index is 12.6. The molecule has 1 heterocycles. The van der Waals surface area contributed by atoms with Crippen molar-refractivity contribution in [1.29, 1.82) is 0 Å². The highest BCUT2D eigenvalue weighted by atomic mass is 16.5. The molecule has 1 aromatic carbocycles. The van der Waals surface area contributed by atoms with E-state index in [1.807, 2.05) is 26.0 Å². The summed E-state index contributed by atoms with van der Waals surface area (Å²) in [6.07, 6.45) is 4.88. The topological polar surface area (TPSA) is 62.1 Å². The summed E-state index contributed by atoms with van der Waals surface area (Å²) in [6.45, 7) is 3.93. The van der Waals surface area contributed by atoms with Crippen LogP contribution in [0.2, 0.25) is 0 Å². The lowest BCUT2D eigenvalue weighted by atomic mass is 10.1. The Bertz CT molecular complexity index is 841. The second kappa shape index (κ2) is 8.89. The van der Waals surface area contributed by atoms with Crippen molar-refractivity contribution in [3.05, 3.63) is 53.7 Å². The third-order valence-corrected chi connectivity index (χ3v) is 3.57. The smallest absolute Gasteiger partial charge is 0.256 e. The molecular formula is C20H24N2O4. The van der Waals surface area contributed by atoms with Gasteiger partial charge in [0.1, 0.15) is 5.49 Å². The van der Waals surface area contributed by atoms with Crippen LogP contribution in [-0.4, -0.2) is 37.8 Å². The van der Waals surface area contributed by atoms with Gasteiger partial charge in [0.15, 0.2) is 11.5 Å². The fourth-order valence-corrected chi connectivity index (χ4v) is 2.44. The first-order valence-electron chi connectivity index (χ1n) is 8.24. The number of carbonyl (C=O) groups is 1. The highest BCUT2D eigenvalue weighted by Crippen LogP contribution is 2.38. The van der Waals surface area contributed by atoms with Crippen LogP contribution in [0.25, 0.3) is 6.08 Å². The summed E-state index contributed by atoms with van der Waals surface area (Å²) < 4.78 is 17.5. The van der Waals surface area contributed by atoms with Gasteiger partial charge < -0.3 is 14.2 Å². The molecule has 2 rings (SSSR count). The third kappa shape index (κ3) is 4.53. The van der Waals surface area contributed by atoms with Crippen LogP contribution in [0.1, 0.15) is 24.2 Å². The zero-order valence-electron chi connectivity index (χ0n) is 15.7. The summed E-state index contributed by atoms with van der Waals surface area (Å²) in [4.78, 5) is 17.0. The van der Waals surface area contributed by atoms with E-state index in [9.17, 15) is 4.79 Å². The number of hydrogen-bond acceptors (Lipinski definition) is 5. The summed E-state index contributed by atoms with van der Waals surface area (Å²) in [5.74, 6) is 1.37. The molecule has 0 atom stereocenters. The number of benzene rings is 1. The molecule has 0 spiro atoms. The van der Waals surface area contributed by atoms with E-state index >= 15 is 0 Å². The van der Waals surface area contributed by atoms with E-state index in [0.29, 0.717) is 22.7 Å². The molecule has 0 fully saturated rings. The van der Waals surface area contributed by atoms with Crippen LogP contribution in [0.15, 0.2) is 47.6 Å². The molecule has 0 amide bonds. The van der Waals surface area contributed by atoms with E-state index in [4.69, 9.17) is 14.2 Å². The van der Waals surface area contributed by atoms with Crippen LogP contribution >= 0.6 is 0 Å². The van der Waals surface area contributed by atoms with Crippen LogP contribution in [0.5, 0.6) is 17.2 Å². The van der Waals surface area contributed by atoms with Crippen molar-refractivity contribution in [2.75, 3.05) is 21.3 Å². The number of aromatic nitrogens is 1. The van der Waals surface area contributed by atoms with Gasteiger partial charge in [-0.3, -0.25) is 14.4 Å². The minimum Gasteiger partial charge on any atom is -0.493 e. The van der Waals surface area contributed by atoms with Gasteiger partial charge >= 0.3 is 0 Å². The number of rotatable bonds is 6. The van der Waals surface area contributed by atoms with Gasteiger partial charge in [-0.05, 0) is 49.8 Å². The zero-order chi connectivity index (χ0) is 19.1. The highest BCUT2D eigenvalue weighted by molar-refractivity contribution is 5.93. The highest BCUT2D eigenvalue weighted by Gasteiger charge is 2.12. The number of nitrogens with zero attached hydrogens (tertiary/aromatic N) is 2. The fourth-order valence-electron chi connectivity index (χ4n) is 2.44. The average molecular weight is 356 g/mol. The minimum atomic E-state index is -0.196. The molecule has 2 aromatic rings. The Morgan fingerprint density at radius 2 is 1.73 bits per heavy atom. The normalized spacial score (nSPS) is 11.8. The lowest BCUT2D eigenvalue weighted by molar-refractivity contribution is 0.0964. The van der Waals surface area contributed by atoms with Crippen LogP contribution < -0.4 is 19.7 Å². The lowest BCUT2D eigenvalue weighted by Gasteiger charge is -2.12. The number of carbonyl (C=O) groups excluding carboxylic acids is 1. The molecular weight excluding hydrogens is 332 g/mol. The Balaban J connectivity index is 2.38. The molecule has 0 saturated carbocycles. The Labute approximate surface area is 153 Å². The van der Waals surface area contributed by atoms with Crippen molar-refractivity contribution in [3.8, 4) is 17.2 Å². The quantitative estimate of drug-likeness (QED) is 0.746. The van der Waals surface area contributed by atoms with E-state index in [2.05, 4.69) is 4.99 Å². The maximum atomic E-state index is 12.6. The van der Waals surface area contributed by atoms with Crippen molar-refractivity contribution in [1.82, 2.24) is 4.57 Å². The predicted octanol–water partition coefficient (Wildman–Crippen LogP) is 3.18. The van der Waals surface area contributed by atoms with E-state index < -0.39 is 0 Å². The molecule has 1 aromatic heterocycles. The fraction of sp³-hybridized carbons (Fsp3) is 0.300. The van der Waals surface area contributed by atoms with Crippen molar-refractivity contribution in [3.63, 3.8) is 0 Å². The van der Waals surface area contributed by atoms with Crippen molar-refractivity contribution < 1.29 is 19.0 Å². The molecule has 6 nitrogen and oxygen atoms in total. The second-order valence-corrected chi connectivity index (χ2v) is 5.78. The maximum Gasteiger partial charge on any atom is 0.256 e. The molecule has 6 heteroatoms. The van der Waals surface area contributed by atoms with E-state index in [1.165, 1.54) is 10.6 Å². The van der Waals surface area contributed by atoms with Crippen LogP contribution in [-0.2, 0) is 0 Å². The standard InChI is InChI=1S/C20H24N2O4/c1-14(2)21-18-8-6-7-11-22(18)19(23)10-9-15-12-16(24-3)20(26-5)17(13-15)25-4/h6-14H,1-5H3/b10-9+,21-18?. The molecule has 0 aliphatic heterocycles. The first-order chi connectivity index (χ1) is 12.5. The monoisotopic (exact) mass is 356 g/mol. The van der Waals surface area contributed by atoms with Gasteiger partial charge in [-0.1, -0.05) is 6.07 Å². The van der Waals surface area contributed by atoms with Crippen molar-refractivity contribution in [2.45, 2.75) is 19.9 Å². The van der Waals surface area contributed by atoms with Crippen molar-refractivity contribution >= 4 is 12.0 Å². The molecule has 0 bridgehead atoms. The first kappa shape index (κ1) is 19.3. The Morgan fingerprint density at radius 1 is 1.08 bits per heavy atom. The summed E-state index contributed by atoms with van der Waals surface area (Å²) in [7, 11) is 4.65. The number of ether oxygens (including phenoxy) is 3. The Morgan fingerprint density at radius 3 is 2.27 bits per heavy atom. The molecule has 0 aliphatic rings. The molecule has 0 aliphatic carbocycles. The number of allylic oxidation sites excluding steroid dienone is 1. The SMILES string of the molecule is COc1cc(/C=C/C(=O)n2ccccc2=NC(C)C)cc(OC)c1OC. The summed E-state index contributed by atoms with van der Waals surface area (Å²) >= 11 is 0. The summed E-state index contributed by atoms with van der Waals surface area (Å²) in [5, 5.41) is 0. The van der Waals surface area contributed by atoms with Crippen LogP contribution in [0.3, 0.4) is 0 Å². The first-order valence-corrected chi connectivity index (χ1v) is 8.24. The Kier molecular flexibility index (Phi) is 6.60. The van der Waals surface area contributed by atoms with Gasteiger partial charge in [0.2, 0.25) is 5.75 Å². The van der Waals surface area contributed by atoms with Gasteiger partial charge in [-0.15, -0.1) is 0 Å². The summed E-state index contributed by atoms with van der Waals surface area (Å²) in [5.41, 5.74) is 1.37. The van der Waals surface area contributed by atoms with Gasteiger partial charge in [-0.2, -0.15) is 0 Å². The number of pyridine rings is 1. The molecule has 0 saturated heterocycles. The van der Waals surface area contributed by atoms with Crippen molar-refractivity contribution in [2.24, 2.45) is 4.99 Å². The van der Waals surface area contributed by atoms with Crippen LogP contribution in [0, 0.1) is 0 Å². The molecule has 0 unspecified atom stereocenters. The number of methoxy groups -OCH3 is 3. The zero-order valence-corrected chi connectivity index (χ0v) is 15.7. The Hall–Kier alpha value is -3.02. The van der Waals surface area contributed by atoms with Gasteiger partial charge in [0.25, 0.3) is 5.91 Å². The second-order valence-electron chi connectivity index (χ2n) is 5.78. The van der Waals surface area contributed by atoms with E-state index in [1.54, 1.807) is 51.8 Å². The van der Waals surface area contributed by atoms with Gasteiger partial charge in [0.05, 0.1) is 21.3 Å². The molecule has 26 heavy (non-hydrogen) atoms. The summed E-state index contributed by atoms with van der Waals surface area (Å²) in [6, 6.07) is 9.11. The third-order valence-electron chi connectivity index (χ3n) is 3.57. The van der Waals surface area contributed by atoms with Gasteiger partial charge in [-0.25, -0.2) is 0 Å². The average Bonchev–Trinajstić information content (AvgIpc) is 2.65. The molecule has 138 valence electrons. The molecule has 0 N–H and O–H groups in total. The minimum absolute atomic E-state index is 0.0931. The molecule has 0 radical (unpaired) electrons. The predicted molar refractivity (Wildman–Crippen MR) is 101 cm³/mol. The largest absolute Gasteiger partial charge is 0.493 e. The lowest BCUT2D eigenvalue weighted by Crippen LogP contribution is -2.26. The number of hydrogen-bond donors (Lipinski definition) is 0. The van der Waals surface area contributed by atoms with Crippen LogP contribution in [0.4, 0.5) is 0 Å². The van der Waals surface area contributed by atoms with E-state index in [0.717, 1.165) is 5.56 Å². The van der Waals surface area contributed by atoms with E-state index in [-0.39, 0.29) is 11.9 Å².